The lowest BCUT2D eigenvalue weighted by Crippen LogP contribution is -2.40. The molecule has 0 aliphatic heterocycles. The maximum absolute atomic E-state index is 12.3. The summed E-state index contributed by atoms with van der Waals surface area (Å²) in [6.07, 6.45) is 5.19. The molecule has 1 aromatic rings. The van der Waals surface area contributed by atoms with Gasteiger partial charge in [-0.2, -0.15) is 0 Å². The molecule has 2 fully saturated rings. The van der Waals surface area contributed by atoms with Crippen molar-refractivity contribution in [3.05, 3.63) is 29.8 Å². The van der Waals surface area contributed by atoms with Crippen LogP contribution in [0.25, 0.3) is 0 Å². The van der Waals surface area contributed by atoms with Crippen molar-refractivity contribution in [3.63, 3.8) is 0 Å². The molecule has 2 aliphatic carbocycles. The average molecular weight is 349 g/mol. The van der Waals surface area contributed by atoms with Crippen molar-refractivity contribution >= 4 is 15.7 Å². The largest absolute Gasteiger partial charge is 0.353 e. The Morgan fingerprint density at radius 2 is 1.92 bits per heavy atom. The van der Waals surface area contributed by atoms with Crippen molar-refractivity contribution in [2.24, 2.45) is 17.8 Å². The van der Waals surface area contributed by atoms with Gasteiger partial charge in [0.2, 0.25) is 5.91 Å². The summed E-state index contributed by atoms with van der Waals surface area (Å²) >= 11 is 0. The van der Waals surface area contributed by atoms with Gasteiger partial charge in [-0.3, -0.25) is 4.79 Å². The quantitative estimate of drug-likeness (QED) is 0.858. The van der Waals surface area contributed by atoms with Crippen LogP contribution < -0.4 is 5.32 Å². The molecule has 0 saturated heterocycles. The van der Waals surface area contributed by atoms with Crippen LogP contribution in [0.2, 0.25) is 0 Å². The zero-order valence-corrected chi connectivity index (χ0v) is 15.3. The van der Waals surface area contributed by atoms with Gasteiger partial charge in [-0.1, -0.05) is 24.1 Å². The van der Waals surface area contributed by atoms with Gasteiger partial charge in [0.05, 0.1) is 10.6 Å². The van der Waals surface area contributed by atoms with E-state index in [1.807, 2.05) is 6.92 Å². The molecular weight excluding hydrogens is 322 g/mol. The summed E-state index contributed by atoms with van der Waals surface area (Å²) in [5.41, 5.74) is 1.02. The second kappa shape index (κ2) is 6.87. The van der Waals surface area contributed by atoms with Crippen molar-refractivity contribution in [2.45, 2.75) is 56.9 Å². The third kappa shape index (κ3) is 3.82. The molecule has 0 heterocycles. The Morgan fingerprint density at radius 3 is 2.50 bits per heavy atom. The van der Waals surface area contributed by atoms with Crippen molar-refractivity contribution in [3.8, 4) is 0 Å². The topological polar surface area (TPSA) is 63.2 Å². The number of amides is 1. The van der Waals surface area contributed by atoms with Crippen LogP contribution in [0.3, 0.4) is 0 Å². The van der Waals surface area contributed by atoms with Crippen LogP contribution in [0.1, 0.15) is 44.6 Å². The number of benzene rings is 1. The molecule has 0 unspecified atom stereocenters. The molecule has 24 heavy (non-hydrogen) atoms. The number of hydrogen-bond acceptors (Lipinski definition) is 3. The highest BCUT2D eigenvalue weighted by Gasteiger charge is 2.42. The molecule has 2 saturated carbocycles. The zero-order chi connectivity index (χ0) is 17.3. The molecule has 5 heteroatoms. The van der Waals surface area contributed by atoms with E-state index in [1.165, 1.54) is 25.7 Å². The number of aryl methyl sites for hydroxylation is 1. The predicted molar refractivity (Wildman–Crippen MR) is 94.4 cm³/mol. The highest BCUT2D eigenvalue weighted by atomic mass is 32.2. The van der Waals surface area contributed by atoms with Crippen LogP contribution in [0, 0.1) is 24.7 Å². The summed E-state index contributed by atoms with van der Waals surface area (Å²) in [7, 11) is -3.40. The fourth-order valence-corrected chi connectivity index (χ4v) is 5.67. The Bertz CT molecular complexity index is 696. The zero-order valence-electron chi connectivity index (χ0n) is 14.5. The van der Waals surface area contributed by atoms with Crippen LogP contribution in [0.15, 0.2) is 29.2 Å². The predicted octanol–water partition coefficient (Wildman–Crippen LogP) is 3.10. The Balaban J connectivity index is 1.51. The Hall–Kier alpha value is -1.36. The number of carbonyl (C=O) groups excluding carboxylic acids is 1. The van der Waals surface area contributed by atoms with Crippen LogP contribution in [0.5, 0.6) is 0 Å². The van der Waals surface area contributed by atoms with Gasteiger partial charge in [0.1, 0.15) is 0 Å². The third-order valence-corrected chi connectivity index (χ3v) is 7.53. The number of sulfone groups is 1. The molecule has 0 aromatic heterocycles. The molecule has 2 aliphatic rings. The number of fused-ring (bicyclic) bond motifs is 2. The van der Waals surface area contributed by atoms with Crippen molar-refractivity contribution < 1.29 is 13.2 Å². The van der Waals surface area contributed by atoms with Gasteiger partial charge in [0.25, 0.3) is 0 Å². The Labute approximate surface area is 145 Å². The summed E-state index contributed by atoms with van der Waals surface area (Å²) in [5, 5.41) is 3.04. The van der Waals surface area contributed by atoms with Crippen LogP contribution in [0.4, 0.5) is 0 Å². The van der Waals surface area contributed by atoms with Crippen molar-refractivity contribution in [1.29, 1.82) is 0 Å². The van der Waals surface area contributed by atoms with E-state index in [-0.39, 0.29) is 24.1 Å². The molecule has 1 aromatic carbocycles. The summed E-state index contributed by atoms with van der Waals surface area (Å²) in [4.78, 5) is 12.5. The van der Waals surface area contributed by atoms with E-state index in [0.29, 0.717) is 10.8 Å². The first kappa shape index (κ1) is 17.5. The summed E-state index contributed by atoms with van der Waals surface area (Å²) in [6, 6.07) is 6.93. The van der Waals surface area contributed by atoms with Gasteiger partial charge in [-0.05, 0) is 63.0 Å². The minimum atomic E-state index is -3.40. The molecule has 3 rings (SSSR count). The summed E-state index contributed by atoms with van der Waals surface area (Å²) < 4.78 is 24.6. The molecular formula is C19H27NO3S. The van der Waals surface area contributed by atoms with E-state index >= 15 is 0 Å². The number of rotatable bonds is 6. The first-order chi connectivity index (χ1) is 11.3. The number of carbonyl (C=O) groups is 1. The lowest BCUT2D eigenvalue weighted by Gasteiger charge is -2.28. The maximum Gasteiger partial charge on any atom is 0.221 e. The number of hydrogen-bond donors (Lipinski definition) is 1. The summed E-state index contributed by atoms with van der Waals surface area (Å²) in [6.45, 7) is 3.98. The van der Waals surface area contributed by atoms with Gasteiger partial charge in [-0.25, -0.2) is 8.42 Å². The molecule has 0 spiro atoms. The molecule has 132 valence electrons. The molecule has 4 atom stereocenters. The van der Waals surface area contributed by atoms with Crippen LogP contribution >= 0.6 is 0 Å². The second-order valence-electron chi connectivity index (χ2n) is 7.58. The van der Waals surface area contributed by atoms with Crippen molar-refractivity contribution in [2.75, 3.05) is 5.75 Å². The number of nitrogens with one attached hydrogen (secondary N) is 1. The van der Waals surface area contributed by atoms with E-state index in [1.54, 1.807) is 24.3 Å². The highest BCUT2D eigenvalue weighted by molar-refractivity contribution is 7.91. The van der Waals surface area contributed by atoms with Crippen LogP contribution in [-0.2, 0) is 14.6 Å². The molecule has 2 bridgehead atoms. The smallest absolute Gasteiger partial charge is 0.221 e. The minimum absolute atomic E-state index is 0.0291. The van der Waals surface area contributed by atoms with Gasteiger partial charge < -0.3 is 5.32 Å². The van der Waals surface area contributed by atoms with E-state index in [2.05, 4.69) is 12.2 Å². The van der Waals surface area contributed by atoms with E-state index in [0.717, 1.165) is 17.4 Å². The minimum Gasteiger partial charge on any atom is -0.353 e. The first-order valence-electron chi connectivity index (χ1n) is 8.94. The Morgan fingerprint density at radius 1 is 1.21 bits per heavy atom. The van der Waals surface area contributed by atoms with E-state index < -0.39 is 9.84 Å². The fraction of sp³-hybridized carbons (Fsp3) is 0.632. The lowest BCUT2D eigenvalue weighted by atomic mass is 9.84. The van der Waals surface area contributed by atoms with Gasteiger partial charge in [-0.15, -0.1) is 0 Å². The fourth-order valence-electron chi connectivity index (χ4n) is 4.43. The lowest BCUT2D eigenvalue weighted by molar-refractivity contribution is -0.121. The normalized spacial score (nSPS) is 27.2. The van der Waals surface area contributed by atoms with Gasteiger partial charge >= 0.3 is 0 Å². The van der Waals surface area contributed by atoms with Gasteiger partial charge in [0, 0.05) is 12.5 Å². The summed E-state index contributed by atoms with van der Waals surface area (Å²) in [5.74, 6) is 1.89. The molecule has 4 nitrogen and oxygen atoms in total. The molecule has 0 radical (unpaired) electrons. The first-order valence-corrected chi connectivity index (χ1v) is 10.6. The van der Waals surface area contributed by atoms with Crippen LogP contribution in [-0.4, -0.2) is 26.1 Å². The SMILES string of the molecule is Cc1ccc(S(=O)(=O)CCC(=O)N[C@H](C)[C@H]2C[C@@H]3CC[C@@H]2C3)cc1. The van der Waals surface area contributed by atoms with Crippen molar-refractivity contribution in [1.82, 2.24) is 5.32 Å². The molecule has 1 N–H and O–H groups in total. The maximum atomic E-state index is 12.3. The highest BCUT2D eigenvalue weighted by Crippen LogP contribution is 2.49. The second-order valence-corrected chi connectivity index (χ2v) is 9.69. The Kier molecular flexibility index (Phi) is 5.00. The van der Waals surface area contributed by atoms with E-state index in [4.69, 9.17) is 0 Å². The van der Waals surface area contributed by atoms with Gasteiger partial charge in [0.15, 0.2) is 9.84 Å². The monoisotopic (exact) mass is 349 g/mol. The van der Waals surface area contributed by atoms with E-state index in [9.17, 15) is 13.2 Å². The standard InChI is InChI=1S/C19H27NO3S/c1-13-3-7-17(8-4-13)24(22,23)10-9-19(21)20-14(2)18-12-15-5-6-16(18)11-15/h3-4,7-8,14-16,18H,5-6,9-12H2,1-2H3,(H,20,21)/t14-,15-,16-,18-/m1/s1. The average Bonchev–Trinajstić information content (AvgIpc) is 3.16. The third-order valence-electron chi connectivity index (χ3n) is 5.80. The molecule has 1 amide bonds.